The number of fused-ring (bicyclic) bond motifs is 5. The number of carbonyl (C=O) groups is 1. The molecule has 0 unspecified atom stereocenters. The first kappa shape index (κ1) is 15.2. The predicted octanol–water partition coefficient (Wildman–Crippen LogP) is 4.35. The molecule has 4 saturated carbocycles. The molecule has 0 aromatic rings. The molecule has 2 nitrogen and oxygen atoms in total. The molecule has 4 aliphatic carbocycles. The summed E-state index contributed by atoms with van der Waals surface area (Å²) in [6, 6.07) is 0. The second-order valence-corrected chi connectivity index (χ2v) is 9.67. The Balaban J connectivity index is 1.65. The van der Waals surface area contributed by atoms with Gasteiger partial charge in [-0.3, -0.25) is 4.79 Å². The van der Waals surface area contributed by atoms with E-state index < -0.39 is 5.60 Å². The first-order valence-corrected chi connectivity index (χ1v) is 9.52. The van der Waals surface area contributed by atoms with Gasteiger partial charge < -0.3 is 5.11 Å². The van der Waals surface area contributed by atoms with Crippen molar-refractivity contribution in [2.24, 2.45) is 34.5 Å². The van der Waals surface area contributed by atoms with Crippen molar-refractivity contribution in [2.75, 3.05) is 0 Å². The maximum Gasteiger partial charge on any atom is 0.133 e. The van der Waals surface area contributed by atoms with Crippen molar-refractivity contribution in [2.45, 2.75) is 84.2 Å². The van der Waals surface area contributed by atoms with Crippen molar-refractivity contribution in [3.63, 3.8) is 0 Å². The molecule has 4 aliphatic rings. The van der Waals surface area contributed by atoms with Gasteiger partial charge in [-0.1, -0.05) is 13.8 Å². The number of rotatable bonds is 0. The van der Waals surface area contributed by atoms with Crippen LogP contribution in [0.15, 0.2) is 0 Å². The first-order chi connectivity index (χ1) is 10.3. The van der Waals surface area contributed by atoms with Crippen LogP contribution in [0, 0.1) is 34.5 Å². The van der Waals surface area contributed by atoms with Crippen molar-refractivity contribution in [1.82, 2.24) is 0 Å². The lowest BCUT2D eigenvalue weighted by atomic mass is 9.44. The molecule has 0 aliphatic heterocycles. The van der Waals surface area contributed by atoms with E-state index in [0.717, 1.165) is 37.5 Å². The van der Waals surface area contributed by atoms with Gasteiger partial charge in [-0.05, 0) is 86.4 Å². The normalized spacial score (nSPS) is 57.9. The second-order valence-electron chi connectivity index (χ2n) is 9.67. The van der Waals surface area contributed by atoms with Gasteiger partial charge in [-0.25, -0.2) is 0 Å². The van der Waals surface area contributed by atoms with E-state index in [1.165, 1.54) is 32.1 Å². The van der Waals surface area contributed by atoms with Crippen LogP contribution in [0.3, 0.4) is 0 Å². The number of carbonyl (C=O) groups excluding carboxylic acids is 1. The van der Waals surface area contributed by atoms with E-state index in [-0.39, 0.29) is 5.41 Å². The quantitative estimate of drug-likeness (QED) is 0.722. The number of hydrogen-bond donors (Lipinski definition) is 1. The Morgan fingerprint density at radius 3 is 2.45 bits per heavy atom. The van der Waals surface area contributed by atoms with E-state index in [9.17, 15) is 9.90 Å². The summed E-state index contributed by atoms with van der Waals surface area (Å²) >= 11 is 0. The van der Waals surface area contributed by atoms with Gasteiger partial charge in [-0.15, -0.1) is 0 Å². The highest BCUT2D eigenvalue weighted by molar-refractivity contribution is 5.79. The zero-order chi connectivity index (χ0) is 15.8. The SMILES string of the molecule is C[C@]12CCC(=O)C[C@@H]1CC[C@H]1[C@H]2CC[C@@]2(C)[C@@H]1CC[C@]2(C)O. The third-order valence-electron chi connectivity index (χ3n) is 9.04. The van der Waals surface area contributed by atoms with Crippen LogP contribution in [0.1, 0.15) is 78.6 Å². The van der Waals surface area contributed by atoms with Gasteiger partial charge in [0.25, 0.3) is 0 Å². The van der Waals surface area contributed by atoms with Gasteiger partial charge >= 0.3 is 0 Å². The molecule has 0 heterocycles. The third-order valence-corrected chi connectivity index (χ3v) is 9.04. The van der Waals surface area contributed by atoms with Crippen LogP contribution in [-0.2, 0) is 4.79 Å². The van der Waals surface area contributed by atoms with Gasteiger partial charge in [0.05, 0.1) is 5.60 Å². The molecule has 7 atom stereocenters. The zero-order valence-corrected chi connectivity index (χ0v) is 14.5. The van der Waals surface area contributed by atoms with E-state index in [1.54, 1.807) is 0 Å². The van der Waals surface area contributed by atoms with Crippen molar-refractivity contribution >= 4 is 5.78 Å². The average molecular weight is 304 g/mol. The highest BCUT2D eigenvalue weighted by Gasteiger charge is 2.63. The van der Waals surface area contributed by atoms with E-state index >= 15 is 0 Å². The van der Waals surface area contributed by atoms with Gasteiger partial charge in [0.15, 0.2) is 0 Å². The van der Waals surface area contributed by atoms with E-state index in [1.807, 2.05) is 0 Å². The van der Waals surface area contributed by atoms with Crippen molar-refractivity contribution in [1.29, 1.82) is 0 Å². The molecule has 2 heteroatoms. The van der Waals surface area contributed by atoms with Crippen LogP contribution in [0.2, 0.25) is 0 Å². The Hall–Kier alpha value is -0.370. The van der Waals surface area contributed by atoms with Crippen molar-refractivity contribution < 1.29 is 9.90 Å². The van der Waals surface area contributed by atoms with Crippen LogP contribution >= 0.6 is 0 Å². The number of Topliss-reactive ketones (excluding diaryl/α,β-unsaturated/α-hetero) is 1. The summed E-state index contributed by atoms with van der Waals surface area (Å²) in [6.45, 7) is 6.94. The lowest BCUT2D eigenvalue weighted by molar-refractivity contribution is -0.152. The largest absolute Gasteiger partial charge is 0.390 e. The van der Waals surface area contributed by atoms with E-state index in [0.29, 0.717) is 23.0 Å². The Morgan fingerprint density at radius 1 is 0.955 bits per heavy atom. The molecule has 0 aromatic carbocycles. The Morgan fingerprint density at radius 2 is 1.68 bits per heavy atom. The molecule has 0 amide bonds. The summed E-state index contributed by atoms with van der Waals surface area (Å²) in [7, 11) is 0. The maximum absolute atomic E-state index is 11.9. The maximum atomic E-state index is 11.9. The van der Waals surface area contributed by atoms with Gasteiger partial charge in [0.1, 0.15) is 5.78 Å². The van der Waals surface area contributed by atoms with Crippen LogP contribution in [0.5, 0.6) is 0 Å². The van der Waals surface area contributed by atoms with Crippen molar-refractivity contribution in [3.05, 3.63) is 0 Å². The Kier molecular flexibility index (Phi) is 3.16. The third kappa shape index (κ3) is 1.79. The van der Waals surface area contributed by atoms with Crippen molar-refractivity contribution in [3.8, 4) is 0 Å². The monoisotopic (exact) mass is 304 g/mol. The minimum atomic E-state index is -0.469. The number of aliphatic hydroxyl groups is 1. The van der Waals surface area contributed by atoms with Crippen LogP contribution in [0.4, 0.5) is 0 Å². The summed E-state index contributed by atoms with van der Waals surface area (Å²) in [5.41, 5.74) is 0.0530. The molecule has 0 spiro atoms. The zero-order valence-electron chi connectivity index (χ0n) is 14.5. The number of ketones is 1. The minimum Gasteiger partial charge on any atom is -0.390 e. The molecule has 4 rings (SSSR count). The molecular weight excluding hydrogens is 272 g/mol. The van der Waals surface area contributed by atoms with E-state index in [2.05, 4.69) is 20.8 Å². The fourth-order valence-corrected chi connectivity index (χ4v) is 7.29. The van der Waals surface area contributed by atoms with Crippen LogP contribution in [0.25, 0.3) is 0 Å². The summed E-state index contributed by atoms with van der Waals surface area (Å²) in [6.07, 6.45) is 9.98. The summed E-state index contributed by atoms with van der Waals surface area (Å²) in [5.74, 6) is 3.44. The summed E-state index contributed by atoms with van der Waals surface area (Å²) in [4.78, 5) is 11.9. The topological polar surface area (TPSA) is 37.3 Å². The highest BCUT2D eigenvalue weighted by atomic mass is 16.3. The molecule has 1 N–H and O–H groups in total. The minimum absolute atomic E-state index is 0.127. The van der Waals surface area contributed by atoms with E-state index in [4.69, 9.17) is 0 Å². The smallest absolute Gasteiger partial charge is 0.133 e. The predicted molar refractivity (Wildman–Crippen MR) is 87.4 cm³/mol. The average Bonchev–Trinajstić information content (AvgIpc) is 2.70. The molecule has 0 aromatic heterocycles. The molecule has 4 fully saturated rings. The molecule has 0 bridgehead atoms. The summed E-state index contributed by atoms with van der Waals surface area (Å²) < 4.78 is 0. The fraction of sp³-hybridized carbons (Fsp3) is 0.950. The van der Waals surface area contributed by atoms with Gasteiger partial charge in [0, 0.05) is 12.8 Å². The summed E-state index contributed by atoms with van der Waals surface area (Å²) in [5, 5.41) is 10.9. The fourth-order valence-electron chi connectivity index (χ4n) is 7.29. The first-order valence-electron chi connectivity index (χ1n) is 9.52. The Labute approximate surface area is 135 Å². The second kappa shape index (κ2) is 4.59. The highest BCUT2D eigenvalue weighted by Crippen LogP contribution is 2.67. The van der Waals surface area contributed by atoms with Crippen LogP contribution < -0.4 is 0 Å². The molecule has 22 heavy (non-hydrogen) atoms. The lowest BCUT2D eigenvalue weighted by Gasteiger charge is -2.60. The van der Waals surface area contributed by atoms with Gasteiger partial charge in [-0.2, -0.15) is 0 Å². The number of hydrogen-bond acceptors (Lipinski definition) is 2. The Bertz CT molecular complexity index is 496. The molecule has 124 valence electrons. The molecule has 0 radical (unpaired) electrons. The standard InChI is InChI=1S/C20H32O2/c1-18-9-6-14(21)12-13(18)4-5-15-16(18)7-10-19(2)17(15)8-11-20(19,3)22/h13,15-17,22H,4-12H2,1-3H3/t13-,15-,16+,17+,18-,19-,20-/m0/s1. The molecular formula is C20H32O2. The lowest BCUT2D eigenvalue weighted by Crippen LogP contribution is -2.55. The van der Waals surface area contributed by atoms with Gasteiger partial charge in [0.2, 0.25) is 0 Å². The van der Waals surface area contributed by atoms with Crippen LogP contribution in [-0.4, -0.2) is 16.5 Å². The molecule has 0 saturated heterocycles.